The van der Waals surface area contributed by atoms with Gasteiger partial charge in [0, 0.05) is 29.3 Å². The molecule has 164 valence electrons. The molecule has 0 unspecified atom stereocenters. The molecule has 0 atom stereocenters. The van der Waals surface area contributed by atoms with Gasteiger partial charge in [0.25, 0.3) is 0 Å². The molecule has 6 nitrogen and oxygen atoms in total. The van der Waals surface area contributed by atoms with E-state index >= 15 is 0 Å². The van der Waals surface area contributed by atoms with E-state index in [9.17, 15) is 9.18 Å². The average Bonchev–Trinajstić information content (AvgIpc) is 3.27. The van der Waals surface area contributed by atoms with Crippen LogP contribution in [0.5, 0.6) is 5.75 Å². The van der Waals surface area contributed by atoms with Crippen molar-refractivity contribution >= 4 is 16.9 Å². The van der Waals surface area contributed by atoms with Crippen LogP contribution in [0.3, 0.4) is 0 Å². The van der Waals surface area contributed by atoms with Gasteiger partial charge in [-0.15, -0.1) is 0 Å². The van der Waals surface area contributed by atoms with E-state index in [4.69, 9.17) is 19.6 Å². The molecule has 0 fully saturated rings. The Bertz CT molecular complexity index is 1250. The first kappa shape index (κ1) is 21.5. The van der Waals surface area contributed by atoms with Crippen molar-refractivity contribution in [2.24, 2.45) is 5.73 Å². The Balaban J connectivity index is 1.64. The SMILES string of the molecule is CCOC(=O)Cc1cccc(F)c1OCc1cc(-c2ccnc(CN)c2)c2occc2c1. The zero-order valence-corrected chi connectivity index (χ0v) is 17.6. The Labute approximate surface area is 184 Å². The van der Waals surface area contributed by atoms with E-state index in [2.05, 4.69) is 4.98 Å². The number of ether oxygens (including phenoxy) is 2. The van der Waals surface area contributed by atoms with Crippen molar-refractivity contribution in [2.45, 2.75) is 26.5 Å². The Kier molecular flexibility index (Phi) is 6.47. The smallest absolute Gasteiger partial charge is 0.310 e. The van der Waals surface area contributed by atoms with Crippen LogP contribution in [0.2, 0.25) is 0 Å². The number of carbonyl (C=O) groups excluding carboxylic acids is 1. The third-order valence-electron chi connectivity index (χ3n) is 5.02. The second kappa shape index (κ2) is 9.62. The molecule has 0 amide bonds. The standard InChI is InChI=1S/C25H23FN2O4/c1-2-30-23(29)13-18-4-3-5-22(26)25(18)32-15-16-10-19-7-9-31-24(19)21(11-16)17-6-8-28-20(12-17)14-27/h3-12H,2,13-15,27H2,1H3. The molecule has 7 heteroatoms. The highest BCUT2D eigenvalue weighted by atomic mass is 19.1. The van der Waals surface area contributed by atoms with Gasteiger partial charge < -0.3 is 19.6 Å². The van der Waals surface area contributed by atoms with Crippen LogP contribution in [0.4, 0.5) is 4.39 Å². The van der Waals surface area contributed by atoms with E-state index in [1.54, 1.807) is 31.5 Å². The quantitative estimate of drug-likeness (QED) is 0.402. The van der Waals surface area contributed by atoms with Gasteiger partial charge >= 0.3 is 5.97 Å². The lowest BCUT2D eigenvalue weighted by Gasteiger charge is -2.13. The van der Waals surface area contributed by atoms with E-state index in [0.29, 0.717) is 12.1 Å². The van der Waals surface area contributed by atoms with Crippen LogP contribution < -0.4 is 10.5 Å². The number of nitrogens with zero attached hydrogens (tertiary/aromatic N) is 1. The summed E-state index contributed by atoms with van der Waals surface area (Å²) in [5.41, 5.74) is 10.3. The van der Waals surface area contributed by atoms with Gasteiger partial charge in [-0.05, 0) is 54.4 Å². The van der Waals surface area contributed by atoms with Crippen molar-refractivity contribution < 1.29 is 23.1 Å². The van der Waals surface area contributed by atoms with E-state index in [1.807, 2.05) is 30.3 Å². The summed E-state index contributed by atoms with van der Waals surface area (Å²) in [6.07, 6.45) is 3.26. The molecular weight excluding hydrogens is 411 g/mol. The summed E-state index contributed by atoms with van der Waals surface area (Å²) >= 11 is 0. The number of furan rings is 1. The van der Waals surface area contributed by atoms with Gasteiger partial charge in [-0.25, -0.2) is 4.39 Å². The average molecular weight is 434 g/mol. The van der Waals surface area contributed by atoms with E-state index in [-0.39, 0.29) is 25.4 Å². The molecule has 2 aromatic carbocycles. The molecule has 0 bridgehead atoms. The Morgan fingerprint density at radius 3 is 2.88 bits per heavy atom. The minimum atomic E-state index is -0.530. The number of carbonyl (C=O) groups is 1. The summed E-state index contributed by atoms with van der Waals surface area (Å²) in [7, 11) is 0. The van der Waals surface area contributed by atoms with Crippen LogP contribution in [0.15, 0.2) is 65.4 Å². The Hall–Kier alpha value is -3.71. The second-order valence-electron chi connectivity index (χ2n) is 7.22. The fourth-order valence-electron chi connectivity index (χ4n) is 3.58. The fourth-order valence-corrected chi connectivity index (χ4v) is 3.58. The first-order valence-electron chi connectivity index (χ1n) is 10.3. The van der Waals surface area contributed by atoms with Crippen molar-refractivity contribution in [3.8, 4) is 16.9 Å². The van der Waals surface area contributed by atoms with Gasteiger partial charge in [0.15, 0.2) is 11.6 Å². The number of benzene rings is 2. The van der Waals surface area contributed by atoms with Crippen molar-refractivity contribution in [2.75, 3.05) is 6.61 Å². The molecule has 0 radical (unpaired) electrons. The molecule has 2 aromatic heterocycles. The van der Waals surface area contributed by atoms with Gasteiger partial charge in [-0.1, -0.05) is 12.1 Å². The lowest BCUT2D eigenvalue weighted by atomic mass is 10.0. The number of fused-ring (bicyclic) bond motifs is 1. The fraction of sp³-hybridized carbons (Fsp3) is 0.200. The van der Waals surface area contributed by atoms with Crippen LogP contribution >= 0.6 is 0 Å². The number of hydrogen-bond donors (Lipinski definition) is 1. The lowest BCUT2D eigenvalue weighted by Crippen LogP contribution is -2.10. The molecule has 4 rings (SSSR count). The zero-order valence-electron chi connectivity index (χ0n) is 17.6. The van der Waals surface area contributed by atoms with Gasteiger partial charge in [0.1, 0.15) is 12.2 Å². The number of aromatic nitrogens is 1. The summed E-state index contributed by atoms with van der Waals surface area (Å²) in [4.78, 5) is 16.1. The lowest BCUT2D eigenvalue weighted by molar-refractivity contribution is -0.142. The molecule has 4 aromatic rings. The topological polar surface area (TPSA) is 87.6 Å². The third kappa shape index (κ3) is 4.63. The monoisotopic (exact) mass is 434 g/mol. The minimum Gasteiger partial charge on any atom is -0.486 e. The molecule has 0 aliphatic rings. The molecule has 32 heavy (non-hydrogen) atoms. The number of para-hydroxylation sites is 1. The number of esters is 1. The van der Waals surface area contributed by atoms with Crippen LogP contribution in [0, 0.1) is 5.82 Å². The van der Waals surface area contributed by atoms with Crippen LogP contribution in [-0.4, -0.2) is 17.6 Å². The highest BCUT2D eigenvalue weighted by molar-refractivity contribution is 5.93. The summed E-state index contributed by atoms with van der Waals surface area (Å²) in [6.45, 7) is 2.43. The highest BCUT2D eigenvalue weighted by Crippen LogP contribution is 2.32. The summed E-state index contributed by atoms with van der Waals surface area (Å²) in [5, 5.41) is 0.896. The number of pyridine rings is 1. The van der Waals surface area contributed by atoms with E-state index in [1.165, 1.54) is 6.07 Å². The molecule has 2 N–H and O–H groups in total. The largest absolute Gasteiger partial charge is 0.486 e. The molecule has 2 heterocycles. The van der Waals surface area contributed by atoms with Gasteiger partial charge in [-0.3, -0.25) is 9.78 Å². The Morgan fingerprint density at radius 1 is 1.19 bits per heavy atom. The molecular formula is C25H23FN2O4. The number of rotatable bonds is 8. The summed E-state index contributed by atoms with van der Waals surface area (Å²) < 4.78 is 31.0. The maximum Gasteiger partial charge on any atom is 0.310 e. The van der Waals surface area contributed by atoms with Crippen molar-refractivity contribution in [3.63, 3.8) is 0 Å². The number of halogens is 1. The predicted molar refractivity (Wildman–Crippen MR) is 118 cm³/mol. The second-order valence-corrected chi connectivity index (χ2v) is 7.22. The van der Waals surface area contributed by atoms with Crippen LogP contribution in [0.1, 0.15) is 23.7 Å². The summed E-state index contributed by atoms with van der Waals surface area (Å²) in [6, 6.07) is 14.0. The maximum atomic E-state index is 14.5. The normalized spacial score (nSPS) is 11.0. The third-order valence-corrected chi connectivity index (χ3v) is 5.02. The highest BCUT2D eigenvalue weighted by Gasteiger charge is 2.16. The molecule has 0 aliphatic heterocycles. The first-order chi connectivity index (χ1) is 15.6. The summed E-state index contributed by atoms with van der Waals surface area (Å²) in [5.74, 6) is -0.916. The van der Waals surface area contributed by atoms with E-state index in [0.717, 1.165) is 33.4 Å². The van der Waals surface area contributed by atoms with E-state index < -0.39 is 11.8 Å². The van der Waals surface area contributed by atoms with Crippen LogP contribution in [-0.2, 0) is 29.1 Å². The van der Waals surface area contributed by atoms with Crippen LogP contribution in [0.25, 0.3) is 22.1 Å². The molecule has 0 saturated carbocycles. The minimum absolute atomic E-state index is 0.0451. The van der Waals surface area contributed by atoms with Gasteiger partial charge in [0.05, 0.1) is 25.0 Å². The van der Waals surface area contributed by atoms with Gasteiger partial charge in [0.2, 0.25) is 0 Å². The molecule has 0 saturated heterocycles. The Morgan fingerprint density at radius 2 is 2.06 bits per heavy atom. The molecule has 0 aliphatic carbocycles. The first-order valence-corrected chi connectivity index (χ1v) is 10.3. The van der Waals surface area contributed by atoms with Crippen molar-refractivity contribution in [1.29, 1.82) is 0 Å². The predicted octanol–water partition coefficient (Wildman–Crippen LogP) is 4.78. The molecule has 0 spiro atoms. The number of hydrogen-bond acceptors (Lipinski definition) is 6. The van der Waals surface area contributed by atoms with Gasteiger partial charge in [-0.2, -0.15) is 0 Å². The van der Waals surface area contributed by atoms with Crippen molar-refractivity contribution in [1.82, 2.24) is 4.98 Å². The zero-order chi connectivity index (χ0) is 22.5. The number of nitrogens with two attached hydrogens (primary N) is 1. The maximum absolute atomic E-state index is 14.5. The van der Waals surface area contributed by atoms with Crippen molar-refractivity contribution in [3.05, 3.63) is 83.6 Å².